The highest BCUT2D eigenvalue weighted by atomic mass is 35.5. The number of halogens is 5. The Morgan fingerprint density at radius 2 is 1.89 bits per heavy atom. The van der Waals surface area contributed by atoms with E-state index in [1.165, 1.54) is 31.3 Å². The molecular formula is C29H25ClF4N6O4S. The number of carbonyl (C=O) groups excluding carboxylic acids is 1. The third-order valence-electron chi connectivity index (χ3n) is 7.41. The largest absolute Gasteiger partial charge is 0.417 e. The predicted molar refractivity (Wildman–Crippen MR) is 160 cm³/mol. The van der Waals surface area contributed by atoms with Crippen molar-refractivity contribution in [3.63, 3.8) is 0 Å². The van der Waals surface area contributed by atoms with Crippen molar-refractivity contribution >= 4 is 44.2 Å². The number of pyridine rings is 2. The Kier molecular flexibility index (Phi) is 8.21. The van der Waals surface area contributed by atoms with Crippen LogP contribution in [0.1, 0.15) is 18.1 Å². The molecule has 0 saturated carbocycles. The van der Waals surface area contributed by atoms with Crippen LogP contribution < -0.4 is 10.6 Å². The Morgan fingerprint density at radius 3 is 2.51 bits per heavy atom. The van der Waals surface area contributed by atoms with Gasteiger partial charge in [0.05, 0.1) is 27.4 Å². The van der Waals surface area contributed by atoms with Crippen LogP contribution in [0.3, 0.4) is 0 Å². The standard InChI is InChI=1S/C29H25ClF4N6O4S/c1-5-21(41)38-11-12-39(16(3)14-38)25-17-13-19(30)23(22-18(29(32,33)34)7-6-8-20(22)31)36-26(17)40(28(42)37-25)24-15(2)9-10-35-27(24)45(4,43)44/h5-10,13,16H,1,11-12,14H2,2-4H3/t16-/m0/s1. The summed E-state index contributed by atoms with van der Waals surface area (Å²) in [6.07, 6.45) is -1.72. The van der Waals surface area contributed by atoms with Crippen molar-refractivity contribution in [2.75, 3.05) is 30.8 Å². The number of alkyl halides is 3. The summed E-state index contributed by atoms with van der Waals surface area (Å²) < 4.78 is 83.7. The number of fused-ring (bicyclic) bond motifs is 1. The van der Waals surface area contributed by atoms with Gasteiger partial charge < -0.3 is 9.80 Å². The molecule has 0 spiro atoms. The smallest absolute Gasteiger partial charge is 0.350 e. The van der Waals surface area contributed by atoms with Crippen molar-refractivity contribution in [2.45, 2.75) is 31.1 Å². The summed E-state index contributed by atoms with van der Waals surface area (Å²) in [5.74, 6) is -1.53. The molecule has 236 valence electrons. The molecule has 1 saturated heterocycles. The number of carbonyl (C=O) groups is 1. The summed E-state index contributed by atoms with van der Waals surface area (Å²) >= 11 is 6.53. The van der Waals surface area contributed by atoms with E-state index in [0.717, 1.165) is 23.0 Å². The number of nitrogens with zero attached hydrogens (tertiary/aromatic N) is 6. The molecular weight excluding hydrogens is 640 g/mol. The van der Waals surface area contributed by atoms with Gasteiger partial charge in [-0.2, -0.15) is 18.2 Å². The molecule has 16 heteroatoms. The van der Waals surface area contributed by atoms with Crippen LogP contribution in [0.4, 0.5) is 23.4 Å². The first-order chi connectivity index (χ1) is 21.0. The summed E-state index contributed by atoms with van der Waals surface area (Å²) in [5, 5.41) is -0.831. The van der Waals surface area contributed by atoms with Gasteiger partial charge in [-0.15, -0.1) is 0 Å². The number of anilines is 1. The summed E-state index contributed by atoms with van der Waals surface area (Å²) in [6, 6.07) is 4.61. The molecule has 1 amide bonds. The van der Waals surface area contributed by atoms with Gasteiger partial charge in [0, 0.05) is 43.7 Å². The molecule has 45 heavy (non-hydrogen) atoms. The molecule has 0 radical (unpaired) electrons. The molecule has 0 N–H and O–H groups in total. The number of rotatable bonds is 5. The molecule has 1 aliphatic heterocycles. The number of benzene rings is 1. The lowest BCUT2D eigenvalue weighted by Crippen LogP contribution is -2.54. The zero-order valence-corrected chi connectivity index (χ0v) is 25.6. The van der Waals surface area contributed by atoms with E-state index in [9.17, 15) is 31.2 Å². The number of hydrogen-bond acceptors (Lipinski definition) is 8. The Labute approximate surface area is 259 Å². The van der Waals surface area contributed by atoms with Crippen LogP contribution in [0.2, 0.25) is 5.02 Å². The summed E-state index contributed by atoms with van der Waals surface area (Å²) in [6.45, 7) is 7.42. The van der Waals surface area contributed by atoms with Crippen LogP contribution in [0, 0.1) is 12.7 Å². The van der Waals surface area contributed by atoms with Gasteiger partial charge in [0.25, 0.3) is 0 Å². The first-order valence-electron chi connectivity index (χ1n) is 13.4. The van der Waals surface area contributed by atoms with Gasteiger partial charge in [-0.1, -0.05) is 24.2 Å². The first kappa shape index (κ1) is 32.0. The molecule has 0 unspecified atom stereocenters. The van der Waals surface area contributed by atoms with E-state index in [4.69, 9.17) is 11.6 Å². The van der Waals surface area contributed by atoms with Gasteiger partial charge in [-0.25, -0.2) is 32.1 Å². The van der Waals surface area contributed by atoms with E-state index in [1.54, 1.807) is 16.7 Å². The second-order valence-corrected chi connectivity index (χ2v) is 12.8. The molecule has 5 rings (SSSR count). The third-order valence-corrected chi connectivity index (χ3v) is 8.70. The SMILES string of the molecule is C=CC(=O)N1CCN(c2nc(=O)n(-c3c(C)ccnc3S(C)(=O)=O)c3nc(-c4c(F)cccc4C(F)(F)F)c(Cl)cc23)[C@@H](C)C1. The van der Waals surface area contributed by atoms with Crippen molar-refractivity contribution in [3.8, 4) is 16.9 Å². The minimum absolute atomic E-state index is 0.0393. The van der Waals surface area contributed by atoms with Gasteiger partial charge in [-0.05, 0) is 49.8 Å². The zero-order valence-electron chi connectivity index (χ0n) is 24.1. The van der Waals surface area contributed by atoms with Crippen molar-refractivity contribution in [1.29, 1.82) is 0 Å². The van der Waals surface area contributed by atoms with E-state index in [1.807, 2.05) is 0 Å². The molecule has 1 fully saturated rings. The lowest BCUT2D eigenvalue weighted by Gasteiger charge is -2.40. The van der Waals surface area contributed by atoms with Crippen LogP contribution >= 0.6 is 11.6 Å². The molecule has 0 bridgehead atoms. The van der Waals surface area contributed by atoms with E-state index < -0.39 is 55.4 Å². The minimum atomic E-state index is -5.00. The van der Waals surface area contributed by atoms with Crippen LogP contribution in [0.5, 0.6) is 0 Å². The molecule has 4 aromatic rings. The number of hydrogen-bond donors (Lipinski definition) is 0. The van der Waals surface area contributed by atoms with Gasteiger partial charge >= 0.3 is 11.9 Å². The minimum Gasteiger partial charge on any atom is -0.350 e. The van der Waals surface area contributed by atoms with Crippen molar-refractivity contribution < 1.29 is 30.8 Å². The maximum absolute atomic E-state index is 15.2. The van der Waals surface area contributed by atoms with E-state index in [0.29, 0.717) is 6.07 Å². The van der Waals surface area contributed by atoms with Gasteiger partial charge in [0.15, 0.2) is 20.5 Å². The maximum Gasteiger partial charge on any atom is 0.417 e. The van der Waals surface area contributed by atoms with Crippen LogP contribution in [-0.2, 0) is 20.8 Å². The van der Waals surface area contributed by atoms with E-state index >= 15 is 4.39 Å². The Hall–Kier alpha value is -4.37. The second kappa shape index (κ2) is 11.5. The molecule has 3 aromatic heterocycles. The Bertz CT molecular complexity index is 2050. The van der Waals surface area contributed by atoms with Gasteiger partial charge in [0.1, 0.15) is 11.6 Å². The van der Waals surface area contributed by atoms with Crippen LogP contribution in [0.15, 0.2) is 59.0 Å². The zero-order chi connectivity index (χ0) is 33.0. The lowest BCUT2D eigenvalue weighted by molar-refractivity contribution is -0.137. The fourth-order valence-corrected chi connectivity index (χ4v) is 6.47. The van der Waals surface area contributed by atoms with E-state index in [2.05, 4.69) is 21.5 Å². The fourth-order valence-electron chi connectivity index (χ4n) is 5.37. The fraction of sp³-hybridized carbons (Fsp3) is 0.276. The topological polar surface area (TPSA) is 118 Å². The molecule has 1 atom stereocenters. The number of sulfone groups is 1. The van der Waals surface area contributed by atoms with Gasteiger partial charge in [0.2, 0.25) is 5.91 Å². The molecule has 4 heterocycles. The van der Waals surface area contributed by atoms with E-state index in [-0.39, 0.29) is 58.7 Å². The normalized spacial score (nSPS) is 15.9. The number of aromatic nitrogens is 4. The molecule has 1 aromatic carbocycles. The average Bonchev–Trinajstić information content (AvgIpc) is 2.96. The number of piperazine rings is 1. The first-order valence-corrected chi connectivity index (χ1v) is 15.6. The average molecular weight is 665 g/mol. The highest BCUT2D eigenvalue weighted by Crippen LogP contribution is 2.42. The molecule has 1 aliphatic rings. The highest BCUT2D eigenvalue weighted by Gasteiger charge is 2.37. The second-order valence-electron chi connectivity index (χ2n) is 10.5. The Balaban J connectivity index is 1.89. The lowest BCUT2D eigenvalue weighted by atomic mass is 10.0. The maximum atomic E-state index is 15.2. The summed E-state index contributed by atoms with van der Waals surface area (Å²) in [5.41, 5.74) is -4.27. The monoisotopic (exact) mass is 664 g/mol. The van der Waals surface area contributed by atoms with Crippen LogP contribution in [-0.4, -0.2) is 70.7 Å². The van der Waals surface area contributed by atoms with Crippen molar-refractivity contribution in [2.24, 2.45) is 0 Å². The highest BCUT2D eigenvalue weighted by molar-refractivity contribution is 7.90. The number of amides is 1. The van der Waals surface area contributed by atoms with Crippen LogP contribution in [0.25, 0.3) is 28.0 Å². The molecule has 0 aliphatic carbocycles. The summed E-state index contributed by atoms with van der Waals surface area (Å²) in [4.78, 5) is 41.9. The Morgan fingerprint density at radius 1 is 1.18 bits per heavy atom. The summed E-state index contributed by atoms with van der Waals surface area (Å²) in [7, 11) is -4.07. The molecule has 10 nitrogen and oxygen atoms in total. The van der Waals surface area contributed by atoms with Crippen molar-refractivity contribution in [3.05, 3.63) is 81.6 Å². The third kappa shape index (κ3) is 5.77. The predicted octanol–water partition coefficient (Wildman–Crippen LogP) is 4.59. The van der Waals surface area contributed by atoms with Crippen molar-refractivity contribution in [1.82, 2.24) is 24.4 Å². The number of aryl methyl sites for hydroxylation is 1. The van der Waals surface area contributed by atoms with Gasteiger partial charge in [-0.3, -0.25) is 4.79 Å². The quantitative estimate of drug-likeness (QED) is 0.225.